The van der Waals surface area contributed by atoms with E-state index in [2.05, 4.69) is 6.07 Å². The molecule has 1 aromatic heterocycles. The van der Waals surface area contributed by atoms with Gasteiger partial charge in [0.25, 0.3) is 0 Å². The molecular weight excluding hydrogens is 249 g/mol. The average molecular weight is 265 g/mol. The van der Waals surface area contributed by atoms with Crippen molar-refractivity contribution in [2.45, 2.75) is 19.9 Å². The highest BCUT2D eigenvalue weighted by atomic mass is 32.1. The highest BCUT2D eigenvalue weighted by molar-refractivity contribution is 7.12. The summed E-state index contributed by atoms with van der Waals surface area (Å²) in [5.74, 6) is 0.167. The molecule has 2 nitrogen and oxygen atoms in total. The van der Waals surface area contributed by atoms with Gasteiger partial charge in [-0.1, -0.05) is 6.07 Å². The molecule has 0 bridgehead atoms. The Balaban J connectivity index is 2.52. The number of aryl methyl sites for hydroxylation is 2. The van der Waals surface area contributed by atoms with E-state index in [0.29, 0.717) is 11.3 Å². The molecule has 1 atom stereocenters. The summed E-state index contributed by atoms with van der Waals surface area (Å²) in [6, 6.07) is 6.34. The molecular formula is C14H16FNOS. The zero-order chi connectivity index (χ0) is 13.3. The lowest BCUT2D eigenvalue weighted by Gasteiger charge is -2.16. The molecule has 0 saturated carbocycles. The average Bonchev–Trinajstić information content (AvgIpc) is 2.67. The Hall–Kier alpha value is -1.39. The first-order valence-electron chi connectivity index (χ1n) is 5.69. The van der Waals surface area contributed by atoms with Gasteiger partial charge in [0.05, 0.1) is 18.7 Å². The predicted octanol–water partition coefficient (Wildman–Crippen LogP) is 3.56. The topological polar surface area (TPSA) is 35.2 Å². The largest absolute Gasteiger partial charge is 0.496 e. The Labute approximate surface area is 110 Å². The maximum Gasteiger partial charge on any atom is 0.132 e. The third-order valence-corrected chi connectivity index (χ3v) is 4.14. The van der Waals surface area contributed by atoms with Gasteiger partial charge in [0.2, 0.25) is 0 Å². The lowest BCUT2D eigenvalue weighted by atomic mass is 10.0. The zero-order valence-electron chi connectivity index (χ0n) is 10.7. The van der Waals surface area contributed by atoms with E-state index in [-0.39, 0.29) is 5.82 Å². The van der Waals surface area contributed by atoms with Crippen LogP contribution in [-0.2, 0) is 0 Å². The smallest absolute Gasteiger partial charge is 0.132 e. The summed E-state index contributed by atoms with van der Waals surface area (Å²) in [4.78, 5) is 2.16. The van der Waals surface area contributed by atoms with Crippen molar-refractivity contribution in [2.75, 3.05) is 7.11 Å². The second-order valence-corrected chi connectivity index (χ2v) is 5.53. The molecule has 18 heavy (non-hydrogen) atoms. The second kappa shape index (κ2) is 5.08. The van der Waals surface area contributed by atoms with E-state index in [0.717, 1.165) is 10.4 Å². The number of nitrogens with two attached hydrogens (primary N) is 1. The summed E-state index contributed by atoms with van der Waals surface area (Å²) in [6.45, 7) is 4.01. The van der Waals surface area contributed by atoms with E-state index in [4.69, 9.17) is 10.5 Å². The minimum atomic E-state index is -0.486. The SMILES string of the molecule is COc1cccc(F)c1C(N)c1sc(C)cc1C. The number of halogens is 1. The summed E-state index contributed by atoms with van der Waals surface area (Å²) in [5, 5.41) is 0. The molecule has 1 unspecified atom stereocenters. The van der Waals surface area contributed by atoms with Crippen molar-refractivity contribution >= 4 is 11.3 Å². The highest BCUT2D eigenvalue weighted by Crippen LogP contribution is 2.35. The van der Waals surface area contributed by atoms with Gasteiger partial charge in [-0.15, -0.1) is 11.3 Å². The number of benzene rings is 1. The standard InChI is InChI=1S/C14H16FNOS/c1-8-7-9(2)18-14(8)13(16)12-10(15)5-4-6-11(12)17-3/h4-7,13H,16H2,1-3H3. The van der Waals surface area contributed by atoms with Crippen LogP contribution in [0.25, 0.3) is 0 Å². The van der Waals surface area contributed by atoms with Crippen LogP contribution in [0, 0.1) is 19.7 Å². The second-order valence-electron chi connectivity index (χ2n) is 4.24. The summed E-state index contributed by atoms with van der Waals surface area (Å²) < 4.78 is 19.2. The Kier molecular flexibility index (Phi) is 3.68. The van der Waals surface area contributed by atoms with E-state index < -0.39 is 6.04 Å². The lowest BCUT2D eigenvalue weighted by Crippen LogP contribution is -2.14. The van der Waals surface area contributed by atoms with Crippen molar-refractivity contribution in [1.29, 1.82) is 0 Å². The monoisotopic (exact) mass is 265 g/mol. The number of ether oxygens (including phenoxy) is 1. The molecule has 0 spiro atoms. The Bertz CT molecular complexity index is 565. The molecule has 4 heteroatoms. The molecule has 0 aliphatic heterocycles. The van der Waals surface area contributed by atoms with E-state index >= 15 is 0 Å². The molecule has 0 fully saturated rings. The fourth-order valence-electron chi connectivity index (χ4n) is 2.10. The lowest BCUT2D eigenvalue weighted by molar-refractivity contribution is 0.402. The number of hydrogen-bond donors (Lipinski definition) is 1. The van der Waals surface area contributed by atoms with Crippen molar-refractivity contribution in [3.63, 3.8) is 0 Å². The molecule has 0 radical (unpaired) electrons. The predicted molar refractivity (Wildman–Crippen MR) is 72.8 cm³/mol. The third kappa shape index (κ3) is 2.26. The number of methoxy groups -OCH3 is 1. The van der Waals surface area contributed by atoms with Crippen LogP contribution in [0.5, 0.6) is 5.75 Å². The van der Waals surface area contributed by atoms with Gasteiger partial charge in [0.1, 0.15) is 11.6 Å². The molecule has 96 valence electrons. The van der Waals surface area contributed by atoms with Crippen molar-refractivity contribution < 1.29 is 9.13 Å². The van der Waals surface area contributed by atoms with Gasteiger partial charge in [0, 0.05) is 9.75 Å². The van der Waals surface area contributed by atoms with E-state index in [1.807, 2.05) is 13.8 Å². The maximum absolute atomic E-state index is 14.0. The maximum atomic E-state index is 14.0. The zero-order valence-corrected chi connectivity index (χ0v) is 11.5. The van der Waals surface area contributed by atoms with Crippen LogP contribution in [-0.4, -0.2) is 7.11 Å². The number of rotatable bonds is 3. The molecule has 1 aromatic carbocycles. The molecule has 0 saturated heterocycles. The Morgan fingerprint density at radius 3 is 2.61 bits per heavy atom. The van der Waals surface area contributed by atoms with Crippen LogP contribution in [0.1, 0.15) is 26.9 Å². The number of thiophene rings is 1. The first kappa shape index (κ1) is 13.1. The first-order valence-corrected chi connectivity index (χ1v) is 6.51. The molecule has 2 N–H and O–H groups in total. The minimum Gasteiger partial charge on any atom is -0.496 e. The van der Waals surface area contributed by atoms with Crippen molar-refractivity contribution in [3.05, 3.63) is 51.0 Å². The molecule has 0 aliphatic rings. The Morgan fingerprint density at radius 2 is 2.06 bits per heavy atom. The highest BCUT2D eigenvalue weighted by Gasteiger charge is 2.21. The minimum absolute atomic E-state index is 0.327. The summed E-state index contributed by atoms with van der Waals surface area (Å²) in [5.41, 5.74) is 7.71. The quantitative estimate of drug-likeness (QED) is 0.921. The fourth-order valence-corrected chi connectivity index (χ4v) is 3.14. The normalized spacial score (nSPS) is 12.5. The van der Waals surface area contributed by atoms with Crippen LogP contribution in [0.4, 0.5) is 4.39 Å². The van der Waals surface area contributed by atoms with Crippen LogP contribution in [0.2, 0.25) is 0 Å². The molecule has 1 heterocycles. The number of hydrogen-bond acceptors (Lipinski definition) is 3. The van der Waals surface area contributed by atoms with Gasteiger partial charge >= 0.3 is 0 Å². The van der Waals surface area contributed by atoms with Crippen molar-refractivity contribution in [1.82, 2.24) is 0 Å². The van der Waals surface area contributed by atoms with Gasteiger partial charge in [-0.2, -0.15) is 0 Å². The van der Waals surface area contributed by atoms with Crippen LogP contribution in [0.3, 0.4) is 0 Å². The summed E-state index contributed by atoms with van der Waals surface area (Å²) in [7, 11) is 1.53. The van der Waals surface area contributed by atoms with Gasteiger partial charge in [-0.25, -0.2) is 4.39 Å². The fraction of sp³-hybridized carbons (Fsp3) is 0.286. The van der Waals surface area contributed by atoms with Crippen molar-refractivity contribution in [2.24, 2.45) is 5.73 Å². The van der Waals surface area contributed by atoms with Crippen molar-refractivity contribution in [3.8, 4) is 5.75 Å². The first-order chi connectivity index (χ1) is 8.54. The van der Waals surface area contributed by atoms with Gasteiger partial charge in [-0.05, 0) is 37.6 Å². The molecule has 2 aromatic rings. The van der Waals surface area contributed by atoms with E-state index in [9.17, 15) is 4.39 Å². The van der Waals surface area contributed by atoms with Gasteiger partial charge < -0.3 is 10.5 Å². The van der Waals surface area contributed by atoms with Gasteiger partial charge in [0.15, 0.2) is 0 Å². The van der Waals surface area contributed by atoms with Gasteiger partial charge in [-0.3, -0.25) is 0 Å². The summed E-state index contributed by atoms with van der Waals surface area (Å²) >= 11 is 1.60. The van der Waals surface area contributed by atoms with Crippen LogP contribution >= 0.6 is 11.3 Å². The molecule has 0 aliphatic carbocycles. The molecule has 0 amide bonds. The summed E-state index contributed by atoms with van der Waals surface area (Å²) in [6.07, 6.45) is 0. The Morgan fingerprint density at radius 1 is 1.33 bits per heavy atom. The van der Waals surface area contributed by atoms with Crippen LogP contribution in [0.15, 0.2) is 24.3 Å². The molecule has 2 rings (SSSR count). The third-order valence-electron chi connectivity index (χ3n) is 2.91. The van der Waals surface area contributed by atoms with Crippen LogP contribution < -0.4 is 10.5 Å². The van der Waals surface area contributed by atoms with E-state index in [1.54, 1.807) is 23.5 Å². The van der Waals surface area contributed by atoms with E-state index in [1.165, 1.54) is 18.1 Å².